The number of hydrogen-bond acceptors (Lipinski definition) is 2. The van der Waals surface area contributed by atoms with Gasteiger partial charge in [-0.15, -0.1) is 0 Å². The highest BCUT2D eigenvalue weighted by molar-refractivity contribution is 5.88. The van der Waals surface area contributed by atoms with Gasteiger partial charge in [-0.05, 0) is 24.1 Å². The monoisotopic (exact) mass is 247 g/mol. The maximum Gasteiger partial charge on any atom is 0.335 e. The van der Waals surface area contributed by atoms with Crippen LogP contribution in [0.4, 0.5) is 4.39 Å². The summed E-state index contributed by atoms with van der Waals surface area (Å²) in [6, 6.07) is 3.84. The van der Waals surface area contributed by atoms with Crippen LogP contribution >= 0.6 is 0 Å². The molecule has 3 nitrogen and oxygen atoms in total. The number of allylic oxidation sites excluding steroid dienone is 2. The summed E-state index contributed by atoms with van der Waals surface area (Å²) >= 11 is 0. The Bertz CT molecular complexity index is 519. The summed E-state index contributed by atoms with van der Waals surface area (Å²) in [4.78, 5) is 14.6. The number of benzene rings is 1. The number of aliphatic imine (C=N–C) groups is 1. The normalized spacial score (nSPS) is 11.8. The highest BCUT2D eigenvalue weighted by Crippen LogP contribution is 2.22. The first kappa shape index (κ1) is 13.8. The van der Waals surface area contributed by atoms with Gasteiger partial charge in [0.15, 0.2) is 0 Å². The van der Waals surface area contributed by atoms with Gasteiger partial charge in [-0.3, -0.25) is 4.99 Å². The van der Waals surface area contributed by atoms with E-state index in [0.29, 0.717) is 17.6 Å². The van der Waals surface area contributed by atoms with E-state index >= 15 is 0 Å². The molecule has 94 valence electrons. The number of aromatic carboxylic acids is 1. The number of rotatable bonds is 5. The lowest BCUT2D eigenvalue weighted by Gasteiger charge is -2.06. The van der Waals surface area contributed by atoms with E-state index in [9.17, 15) is 9.18 Å². The standard InChI is InChI=1S/C14H14FNO2/c1-3-7-16-9-10(4-2)12-6-5-11(14(17)18)8-13(12)15/h3,5-9H,1,4H2,2H3,(H,17,18)/b10-9+,16-7?. The van der Waals surface area contributed by atoms with Crippen LogP contribution in [0.5, 0.6) is 0 Å². The van der Waals surface area contributed by atoms with Crippen LogP contribution in [0.3, 0.4) is 0 Å². The lowest BCUT2D eigenvalue weighted by Crippen LogP contribution is -1.99. The van der Waals surface area contributed by atoms with E-state index in [-0.39, 0.29) is 5.56 Å². The lowest BCUT2D eigenvalue weighted by atomic mass is 10.0. The Hall–Kier alpha value is -2.23. The van der Waals surface area contributed by atoms with Gasteiger partial charge in [0.25, 0.3) is 0 Å². The van der Waals surface area contributed by atoms with Crippen molar-refractivity contribution in [3.8, 4) is 0 Å². The van der Waals surface area contributed by atoms with Crippen molar-refractivity contribution in [3.63, 3.8) is 0 Å². The first-order chi connectivity index (χ1) is 8.60. The minimum Gasteiger partial charge on any atom is -0.478 e. The van der Waals surface area contributed by atoms with Gasteiger partial charge >= 0.3 is 5.97 Å². The van der Waals surface area contributed by atoms with Crippen molar-refractivity contribution in [2.45, 2.75) is 13.3 Å². The minimum absolute atomic E-state index is 0.0682. The molecule has 0 amide bonds. The molecule has 1 rings (SSSR count). The van der Waals surface area contributed by atoms with Crippen molar-refractivity contribution in [3.05, 3.63) is 54.0 Å². The smallest absolute Gasteiger partial charge is 0.335 e. The molecule has 0 saturated heterocycles. The summed E-state index contributed by atoms with van der Waals surface area (Å²) in [5.41, 5.74) is 0.993. The molecule has 0 aromatic heterocycles. The van der Waals surface area contributed by atoms with Gasteiger partial charge in [0.05, 0.1) is 5.56 Å². The maximum atomic E-state index is 13.8. The molecule has 4 heteroatoms. The fourth-order valence-corrected chi connectivity index (χ4v) is 1.45. The van der Waals surface area contributed by atoms with Crippen LogP contribution in [0, 0.1) is 5.82 Å². The van der Waals surface area contributed by atoms with Crippen molar-refractivity contribution in [2.75, 3.05) is 0 Å². The van der Waals surface area contributed by atoms with Gasteiger partial charge < -0.3 is 5.11 Å². The van der Waals surface area contributed by atoms with Gasteiger partial charge in [-0.2, -0.15) is 0 Å². The Kier molecular flexibility index (Phi) is 4.99. The van der Waals surface area contributed by atoms with Crippen molar-refractivity contribution in [2.24, 2.45) is 4.99 Å². The third-order valence-electron chi connectivity index (χ3n) is 2.36. The van der Waals surface area contributed by atoms with Crippen LogP contribution in [0.2, 0.25) is 0 Å². The quantitative estimate of drug-likeness (QED) is 0.809. The predicted octanol–water partition coefficient (Wildman–Crippen LogP) is 3.53. The van der Waals surface area contributed by atoms with Crippen LogP contribution in [0.1, 0.15) is 29.3 Å². The summed E-state index contributed by atoms with van der Waals surface area (Å²) in [5, 5.41) is 8.75. The second-order valence-electron chi connectivity index (χ2n) is 3.54. The summed E-state index contributed by atoms with van der Waals surface area (Å²) in [6.45, 7) is 5.36. The van der Waals surface area contributed by atoms with Crippen LogP contribution < -0.4 is 0 Å². The first-order valence-electron chi connectivity index (χ1n) is 5.46. The van der Waals surface area contributed by atoms with Crippen molar-refractivity contribution in [1.82, 2.24) is 0 Å². The third-order valence-corrected chi connectivity index (χ3v) is 2.36. The van der Waals surface area contributed by atoms with E-state index < -0.39 is 11.8 Å². The van der Waals surface area contributed by atoms with Crippen molar-refractivity contribution < 1.29 is 14.3 Å². The van der Waals surface area contributed by atoms with Crippen molar-refractivity contribution in [1.29, 1.82) is 0 Å². The average Bonchev–Trinajstić information content (AvgIpc) is 2.35. The average molecular weight is 247 g/mol. The Morgan fingerprint density at radius 2 is 2.28 bits per heavy atom. The topological polar surface area (TPSA) is 49.7 Å². The zero-order chi connectivity index (χ0) is 13.5. The molecule has 0 radical (unpaired) electrons. The van der Waals surface area contributed by atoms with E-state index in [1.165, 1.54) is 24.4 Å². The molecular formula is C14H14FNO2. The van der Waals surface area contributed by atoms with Gasteiger partial charge in [0.1, 0.15) is 5.82 Å². The predicted molar refractivity (Wildman–Crippen MR) is 70.3 cm³/mol. The molecule has 0 aliphatic carbocycles. The molecule has 0 bridgehead atoms. The number of halogens is 1. The van der Waals surface area contributed by atoms with Crippen LogP contribution in [-0.2, 0) is 0 Å². The molecule has 0 heterocycles. The van der Waals surface area contributed by atoms with E-state index in [0.717, 1.165) is 6.07 Å². The van der Waals surface area contributed by atoms with Gasteiger partial charge in [-0.1, -0.05) is 25.6 Å². The van der Waals surface area contributed by atoms with E-state index in [2.05, 4.69) is 11.6 Å². The fourth-order valence-electron chi connectivity index (χ4n) is 1.45. The Morgan fingerprint density at radius 3 is 2.78 bits per heavy atom. The molecule has 0 unspecified atom stereocenters. The van der Waals surface area contributed by atoms with E-state index in [1.54, 1.807) is 6.20 Å². The summed E-state index contributed by atoms with van der Waals surface area (Å²) < 4.78 is 13.8. The molecule has 0 atom stereocenters. The molecule has 0 spiro atoms. The molecule has 0 aliphatic heterocycles. The van der Waals surface area contributed by atoms with Gasteiger partial charge in [0.2, 0.25) is 0 Å². The molecule has 0 aliphatic rings. The zero-order valence-electron chi connectivity index (χ0n) is 10.1. The zero-order valence-corrected chi connectivity index (χ0v) is 10.1. The minimum atomic E-state index is -1.15. The third kappa shape index (κ3) is 3.38. The van der Waals surface area contributed by atoms with Crippen molar-refractivity contribution >= 4 is 17.8 Å². The second kappa shape index (κ2) is 6.49. The second-order valence-corrected chi connectivity index (χ2v) is 3.54. The van der Waals surface area contributed by atoms with Crippen LogP contribution in [-0.4, -0.2) is 17.3 Å². The number of nitrogens with zero attached hydrogens (tertiary/aromatic N) is 1. The molecular weight excluding hydrogens is 233 g/mol. The largest absolute Gasteiger partial charge is 0.478 e. The Labute approximate surface area is 105 Å². The summed E-state index contributed by atoms with van der Waals surface area (Å²) in [7, 11) is 0. The molecule has 0 fully saturated rings. The van der Waals surface area contributed by atoms with Crippen LogP contribution in [0.15, 0.2) is 42.0 Å². The SMILES string of the molecule is C=CC=N/C=C(\CC)c1ccc(C(=O)O)cc1F. The van der Waals surface area contributed by atoms with E-state index in [4.69, 9.17) is 5.11 Å². The number of carboxylic acids is 1. The summed E-state index contributed by atoms with van der Waals surface area (Å²) in [5.74, 6) is -1.70. The molecule has 18 heavy (non-hydrogen) atoms. The lowest BCUT2D eigenvalue weighted by molar-refractivity contribution is 0.0696. The Morgan fingerprint density at radius 1 is 1.56 bits per heavy atom. The number of hydrogen-bond donors (Lipinski definition) is 1. The highest BCUT2D eigenvalue weighted by atomic mass is 19.1. The molecule has 1 N–H and O–H groups in total. The van der Waals surface area contributed by atoms with Gasteiger partial charge in [0, 0.05) is 18.0 Å². The molecule has 0 saturated carbocycles. The maximum absolute atomic E-state index is 13.8. The fraction of sp³-hybridized carbons (Fsp3) is 0.143. The molecule has 1 aromatic rings. The summed E-state index contributed by atoms with van der Waals surface area (Å²) in [6.07, 6.45) is 5.16. The number of carbonyl (C=O) groups is 1. The molecule has 1 aromatic carbocycles. The van der Waals surface area contributed by atoms with Crippen LogP contribution in [0.25, 0.3) is 5.57 Å². The number of carboxylic acid groups (broad SMARTS) is 1. The Balaban J connectivity index is 3.15. The van der Waals surface area contributed by atoms with Gasteiger partial charge in [-0.25, -0.2) is 9.18 Å². The van der Waals surface area contributed by atoms with E-state index in [1.807, 2.05) is 6.92 Å². The first-order valence-corrected chi connectivity index (χ1v) is 5.46. The highest BCUT2D eigenvalue weighted by Gasteiger charge is 2.10.